The molecular formula is C6H14ClNO. The first-order valence-corrected chi connectivity index (χ1v) is 3.26. The standard InChI is InChI=1S/C6H13NO.ClH/c1-2-6-5-7-3-4-8-6;/h6-7H,2-5H2,1H3;1H. The maximum Gasteiger partial charge on any atom is 0.0697 e. The lowest BCUT2D eigenvalue weighted by Crippen LogP contribution is -2.37. The summed E-state index contributed by atoms with van der Waals surface area (Å²) in [6.07, 6.45) is 1.61. The molecule has 0 amide bonds. The Bertz CT molecular complexity index is 64.1. The minimum absolute atomic E-state index is 0. The summed E-state index contributed by atoms with van der Waals surface area (Å²) in [5.74, 6) is 0. The number of rotatable bonds is 1. The molecule has 1 N–H and O–H groups in total. The van der Waals surface area contributed by atoms with Gasteiger partial charge < -0.3 is 10.1 Å². The molecule has 1 unspecified atom stereocenters. The molecule has 2 nitrogen and oxygen atoms in total. The summed E-state index contributed by atoms with van der Waals surface area (Å²) in [7, 11) is 0. The molecule has 1 aliphatic heterocycles. The Hall–Kier alpha value is 0.210. The smallest absolute Gasteiger partial charge is 0.0697 e. The predicted molar refractivity (Wildman–Crippen MR) is 40.1 cm³/mol. The zero-order valence-electron chi connectivity index (χ0n) is 5.72. The summed E-state index contributed by atoms with van der Waals surface area (Å²) in [5, 5.41) is 3.26. The molecule has 0 bridgehead atoms. The van der Waals surface area contributed by atoms with Crippen LogP contribution in [0.3, 0.4) is 0 Å². The van der Waals surface area contributed by atoms with Gasteiger partial charge in [0.1, 0.15) is 0 Å². The van der Waals surface area contributed by atoms with E-state index in [1.807, 2.05) is 0 Å². The molecule has 1 saturated heterocycles. The lowest BCUT2D eigenvalue weighted by atomic mass is 10.2. The Morgan fingerprint density at radius 3 is 2.78 bits per heavy atom. The maximum atomic E-state index is 5.36. The van der Waals surface area contributed by atoms with Crippen molar-refractivity contribution in [3.8, 4) is 0 Å². The van der Waals surface area contributed by atoms with Crippen molar-refractivity contribution in [2.24, 2.45) is 0 Å². The van der Waals surface area contributed by atoms with Gasteiger partial charge in [0, 0.05) is 13.1 Å². The van der Waals surface area contributed by atoms with Gasteiger partial charge >= 0.3 is 0 Å². The molecule has 0 aromatic rings. The van der Waals surface area contributed by atoms with E-state index in [-0.39, 0.29) is 12.4 Å². The van der Waals surface area contributed by atoms with Gasteiger partial charge in [-0.05, 0) is 6.42 Å². The zero-order valence-corrected chi connectivity index (χ0v) is 6.54. The van der Waals surface area contributed by atoms with Crippen LogP contribution in [0.5, 0.6) is 0 Å². The Morgan fingerprint density at radius 2 is 2.44 bits per heavy atom. The van der Waals surface area contributed by atoms with E-state index in [1.54, 1.807) is 0 Å². The van der Waals surface area contributed by atoms with Gasteiger partial charge in [0.05, 0.1) is 12.7 Å². The van der Waals surface area contributed by atoms with Crippen LogP contribution >= 0.6 is 12.4 Å². The molecule has 0 radical (unpaired) electrons. The molecule has 0 spiro atoms. The quantitative estimate of drug-likeness (QED) is 0.599. The normalized spacial score (nSPS) is 27.0. The van der Waals surface area contributed by atoms with Crippen molar-refractivity contribution in [2.45, 2.75) is 19.4 Å². The van der Waals surface area contributed by atoms with Crippen LogP contribution in [-0.4, -0.2) is 25.8 Å². The van der Waals surface area contributed by atoms with E-state index < -0.39 is 0 Å². The fraction of sp³-hybridized carbons (Fsp3) is 1.00. The summed E-state index contributed by atoms with van der Waals surface area (Å²) in [5.41, 5.74) is 0. The monoisotopic (exact) mass is 151 g/mol. The number of morpholine rings is 1. The van der Waals surface area contributed by atoms with Crippen molar-refractivity contribution in [1.29, 1.82) is 0 Å². The largest absolute Gasteiger partial charge is 0.376 e. The second kappa shape index (κ2) is 5.03. The highest BCUT2D eigenvalue weighted by Gasteiger charge is 2.08. The van der Waals surface area contributed by atoms with Gasteiger partial charge in [-0.15, -0.1) is 12.4 Å². The molecule has 1 heterocycles. The third-order valence-electron chi connectivity index (χ3n) is 1.46. The molecule has 1 aliphatic rings. The number of ether oxygens (including phenoxy) is 1. The van der Waals surface area contributed by atoms with E-state index >= 15 is 0 Å². The van der Waals surface area contributed by atoms with E-state index in [0.29, 0.717) is 6.10 Å². The van der Waals surface area contributed by atoms with Gasteiger partial charge in [-0.3, -0.25) is 0 Å². The molecule has 0 aromatic heterocycles. The third-order valence-corrected chi connectivity index (χ3v) is 1.46. The first-order valence-electron chi connectivity index (χ1n) is 3.26. The minimum atomic E-state index is 0. The first-order chi connectivity index (χ1) is 3.93. The second-order valence-electron chi connectivity index (χ2n) is 2.11. The number of hydrogen-bond donors (Lipinski definition) is 1. The first kappa shape index (κ1) is 9.21. The topological polar surface area (TPSA) is 21.3 Å². The van der Waals surface area contributed by atoms with Crippen molar-refractivity contribution in [3.05, 3.63) is 0 Å². The van der Waals surface area contributed by atoms with E-state index in [2.05, 4.69) is 12.2 Å². The van der Waals surface area contributed by atoms with Gasteiger partial charge in [0.15, 0.2) is 0 Å². The molecule has 1 rings (SSSR count). The van der Waals surface area contributed by atoms with Gasteiger partial charge in [-0.25, -0.2) is 0 Å². The van der Waals surface area contributed by atoms with E-state index in [9.17, 15) is 0 Å². The lowest BCUT2D eigenvalue weighted by Gasteiger charge is -2.21. The van der Waals surface area contributed by atoms with E-state index in [4.69, 9.17) is 4.74 Å². The number of hydrogen-bond acceptors (Lipinski definition) is 2. The molecule has 1 fully saturated rings. The highest BCUT2D eigenvalue weighted by atomic mass is 35.5. The summed E-state index contributed by atoms with van der Waals surface area (Å²) >= 11 is 0. The predicted octanol–water partition coefficient (Wildman–Crippen LogP) is 0.807. The summed E-state index contributed by atoms with van der Waals surface area (Å²) in [4.78, 5) is 0. The molecule has 0 aliphatic carbocycles. The van der Waals surface area contributed by atoms with Crippen LogP contribution in [0.15, 0.2) is 0 Å². The number of nitrogens with one attached hydrogen (secondary N) is 1. The Kier molecular flexibility index (Phi) is 5.15. The zero-order chi connectivity index (χ0) is 5.82. The average molecular weight is 152 g/mol. The lowest BCUT2D eigenvalue weighted by molar-refractivity contribution is 0.0267. The van der Waals surface area contributed by atoms with Crippen molar-refractivity contribution in [3.63, 3.8) is 0 Å². The molecule has 0 saturated carbocycles. The number of halogens is 1. The maximum absolute atomic E-state index is 5.36. The molecular weight excluding hydrogens is 138 g/mol. The molecule has 3 heteroatoms. The SMILES string of the molecule is CCC1CNCCO1.Cl. The third kappa shape index (κ3) is 3.04. The Labute approximate surface area is 62.4 Å². The van der Waals surface area contributed by atoms with Crippen molar-refractivity contribution < 1.29 is 4.74 Å². The van der Waals surface area contributed by atoms with Gasteiger partial charge in [-0.1, -0.05) is 6.92 Å². The minimum Gasteiger partial charge on any atom is -0.376 e. The van der Waals surface area contributed by atoms with Crippen molar-refractivity contribution in [1.82, 2.24) is 5.32 Å². The highest BCUT2D eigenvalue weighted by molar-refractivity contribution is 5.85. The van der Waals surface area contributed by atoms with Crippen LogP contribution in [0.2, 0.25) is 0 Å². The summed E-state index contributed by atoms with van der Waals surface area (Å²) in [6, 6.07) is 0. The van der Waals surface area contributed by atoms with Crippen LogP contribution < -0.4 is 5.32 Å². The average Bonchev–Trinajstić information content (AvgIpc) is 1.90. The van der Waals surface area contributed by atoms with Gasteiger partial charge in [-0.2, -0.15) is 0 Å². The Balaban J connectivity index is 0.000000640. The highest BCUT2D eigenvalue weighted by Crippen LogP contribution is 1.98. The van der Waals surface area contributed by atoms with Crippen molar-refractivity contribution in [2.75, 3.05) is 19.7 Å². The fourth-order valence-corrected chi connectivity index (χ4v) is 0.882. The molecule has 0 aromatic carbocycles. The van der Waals surface area contributed by atoms with Gasteiger partial charge in [0.25, 0.3) is 0 Å². The second-order valence-corrected chi connectivity index (χ2v) is 2.11. The van der Waals surface area contributed by atoms with E-state index in [1.165, 1.54) is 0 Å². The van der Waals surface area contributed by atoms with Crippen LogP contribution in [0.1, 0.15) is 13.3 Å². The van der Waals surface area contributed by atoms with Crippen LogP contribution in [-0.2, 0) is 4.74 Å². The van der Waals surface area contributed by atoms with Crippen molar-refractivity contribution >= 4 is 12.4 Å². The van der Waals surface area contributed by atoms with Crippen LogP contribution in [0, 0.1) is 0 Å². The van der Waals surface area contributed by atoms with Crippen LogP contribution in [0.25, 0.3) is 0 Å². The summed E-state index contributed by atoms with van der Waals surface area (Å²) in [6.45, 7) is 5.10. The molecule has 1 atom stereocenters. The Morgan fingerprint density at radius 1 is 1.67 bits per heavy atom. The fourth-order valence-electron chi connectivity index (χ4n) is 0.882. The molecule has 56 valence electrons. The van der Waals surface area contributed by atoms with E-state index in [0.717, 1.165) is 26.1 Å². The van der Waals surface area contributed by atoms with Crippen LogP contribution in [0.4, 0.5) is 0 Å². The van der Waals surface area contributed by atoms with Gasteiger partial charge in [0.2, 0.25) is 0 Å². The summed E-state index contributed by atoms with van der Waals surface area (Å²) < 4.78 is 5.36. The molecule has 9 heavy (non-hydrogen) atoms.